The van der Waals surface area contributed by atoms with Crippen LogP contribution in [0.5, 0.6) is 0 Å². The van der Waals surface area contributed by atoms with E-state index in [4.69, 9.17) is 0 Å². The van der Waals surface area contributed by atoms with Crippen LogP contribution < -0.4 is 0 Å². The molecule has 0 amide bonds. The zero-order valence-electron chi connectivity index (χ0n) is 16.2. The van der Waals surface area contributed by atoms with Crippen LogP contribution in [0.3, 0.4) is 0 Å². The molecule has 4 nitrogen and oxygen atoms in total. The van der Waals surface area contributed by atoms with Crippen molar-refractivity contribution in [3.8, 4) is 0 Å². The number of Topliss-reactive ketones (excluding diaryl/α,β-unsaturated/α-hetero) is 1. The molecule has 0 aliphatic heterocycles. The Morgan fingerprint density at radius 3 is 2.52 bits per heavy atom. The molecule has 2 aromatic carbocycles. The Labute approximate surface area is 188 Å². The van der Waals surface area contributed by atoms with E-state index in [0.717, 1.165) is 27.0 Å². The molecule has 7 heteroatoms. The lowest BCUT2D eigenvalue weighted by Crippen LogP contribution is -2.06. The Morgan fingerprint density at radius 2 is 1.83 bits per heavy atom. The van der Waals surface area contributed by atoms with Crippen LogP contribution in [0.4, 0.5) is 0 Å². The normalized spacial score (nSPS) is 10.8. The summed E-state index contributed by atoms with van der Waals surface area (Å²) in [6.07, 6.45) is 1.83. The van der Waals surface area contributed by atoms with Crippen LogP contribution in [0.25, 0.3) is 0 Å². The van der Waals surface area contributed by atoms with Gasteiger partial charge in [0, 0.05) is 22.3 Å². The summed E-state index contributed by atoms with van der Waals surface area (Å²) >= 11 is 6.61. The Hall–Kier alpha value is -1.83. The topological polar surface area (TPSA) is 47.8 Å². The number of benzene rings is 2. The van der Waals surface area contributed by atoms with Crippen molar-refractivity contribution in [2.45, 2.75) is 30.1 Å². The van der Waals surface area contributed by atoms with Gasteiger partial charge in [0.2, 0.25) is 0 Å². The lowest BCUT2D eigenvalue weighted by atomic mass is 10.2. The molecule has 0 saturated heterocycles. The van der Waals surface area contributed by atoms with Gasteiger partial charge in [-0.1, -0.05) is 75.7 Å². The van der Waals surface area contributed by atoms with Crippen LogP contribution in [-0.4, -0.2) is 26.3 Å². The van der Waals surface area contributed by atoms with Crippen molar-refractivity contribution >= 4 is 45.2 Å². The fourth-order valence-electron chi connectivity index (χ4n) is 2.64. The lowest BCUT2D eigenvalue weighted by molar-refractivity contribution is 0.102. The Kier molecular flexibility index (Phi) is 8.15. The highest BCUT2D eigenvalue weighted by molar-refractivity contribution is 9.10. The first-order valence-electron chi connectivity index (χ1n) is 9.14. The molecule has 0 unspecified atom stereocenters. The second-order valence-corrected chi connectivity index (χ2v) is 9.34. The minimum atomic E-state index is 0.0750. The van der Waals surface area contributed by atoms with Gasteiger partial charge in [-0.05, 0) is 24.6 Å². The van der Waals surface area contributed by atoms with Gasteiger partial charge in [0.1, 0.15) is 5.82 Å². The van der Waals surface area contributed by atoms with E-state index in [1.807, 2.05) is 34.9 Å². The molecule has 0 saturated carbocycles. The molecule has 1 heterocycles. The standard InChI is InChI=1S/C22H22BrN3OS2/c1-3-12-26-21(15-28-13-17-6-4-16(2)5-7-17)24-25-22(26)29-14-20(27)18-8-10-19(23)11-9-18/h3-11H,1,12-15H2,2H3. The Balaban J connectivity index is 1.60. The first-order valence-corrected chi connectivity index (χ1v) is 12.1. The lowest BCUT2D eigenvalue weighted by Gasteiger charge is -2.08. The summed E-state index contributed by atoms with van der Waals surface area (Å²) in [6, 6.07) is 16.0. The highest BCUT2D eigenvalue weighted by Crippen LogP contribution is 2.23. The van der Waals surface area contributed by atoms with Crippen LogP contribution in [-0.2, 0) is 18.1 Å². The first kappa shape index (κ1) is 21.9. The quantitative estimate of drug-likeness (QED) is 0.201. The fourth-order valence-corrected chi connectivity index (χ4v) is 4.69. The molecular weight excluding hydrogens is 466 g/mol. The number of aromatic nitrogens is 3. The summed E-state index contributed by atoms with van der Waals surface area (Å²) in [4.78, 5) is 12.4. The van der Waals surface area contributed by atoms with E-state index in [0.29, 0.717) is 17.9 Å². The molecule has 150 valence electrons. The molecule has 0 fully saturated rings. The average molecular weight is 488 g/mol. The van der Waals surface area contributed by atoms with Gasteiger partial charge in [-0.15, -0.1) is 28.5 Å². The van der Waals surface area contributed by atoms with Gasteiger partial charge in [0.15, 0.2) is 10.9 Å². The minimum Gasteiger partial charge on any atom is -0.301 e. The molecule has 0 aliphatic rings. The Morgan fingerprint density at radius 1 is 1.10 bits per heavy atom. The molecule has 1 aromatic heterocycles. The molecule has 3 aromatic rings. The van der Waals surface area contributed by atoms with Gasteiger partial charge in [0.05, 0.1) is 11.5 Å². The maximum Gasteiger partial charge on any atom is 0.191 e. The summed E-state index contributed by atoms with van der Waals surface area (Å²) in [5.74, 6) is 2.99. The van der Waals surface area contributed by atoms with Crippen LogP contribution >= 0.6 is 39.5 Å². The van der Waals surface area contributed by atoms with Gasteiger partial charge < -0.3 is 4.57 Å². The van der Waals surface area contributed by atoms with Gasteiger partial charge in [0.25, 0.3) is 0 Å². The molecule has 0 N–H and O–H groups in total. The molecule has 3 rings (SSSR count). The molecule has 0 radical (unpaired) electrons. The van der Waals surface area contributed by atoms with E-state index in [1.165, 1.54) is 22.9 Å². The number of hydrogen-bond acceptors (Lipinski definition) is 5. The van der Waals surface area contributed by atoms with Crippen molar-refractivity contribution in [3.05, 3.63) is 88.2 Å². The molecule has 0 aliphatic carbocycles. The number of carbonyl (C=O) groups is 1. The average Bonchev–Trinajstić information content (AvgIpc) is 3.10. The van der Waals surface area contributed by atoms with Crippen LogP contribution in [0.1, 0.15) is 27.3 Å². The maximum absolute atomic E-state index is 12.4. The predicted molar refractivity (Wildman–Crippen MR) is 126 cm³/mol. The number of thioether (sulfide) groups is 2. The summed E-state index contributed by atoms with van der Waals surface area (Å²) < 4.78 is 2.99. The van der Waals surface area contributed by atoms with E-state index in [9.17, 15) is 4.79 Å². The van der Waals surface area contributed by atoms with E-state index < -0.39 is 0 Å². The highest BCUT2D eigenvalue weighted by atomic mass is 79.9. The number of rotatable bonds is 10. The van der Waals surface area contributed by atoms with Crippen LogP contribution in [0.2, 0.25) is 0 Å². The zero-order valence-corrected chi connectivity index (χ0v) is 19.4. The summed E-state index contributed by atoms with van der Waals surface area (Å²) in [5.41, 5.74) is 3.26. The SMILES string of the molecule is C=CCn1c(CSCc2ccc(C)cc2)nnc1SCC(=O)c1ccc(Br)cc1. The summed E-state index contributed by atoms with van der Waals surface area (Å²) in [6.45, 7) is 6.56. The van der Waals surface area contributed by atoms with Crippen molar-refractivity contribution in [1.29, 1.82) is 0 Å². The number of nitrogens with zero attached hydrogens (tertiary/aromatic N) is 3. The van der Waals surface area contributed by atoms with E-state index in [-0.39, 0.29) is 5.78 Å². The largest absolute Gasteiger partial charge is 0.301 e. The number of allylic oxidation sites excluding steroid dienone is 1. The number of aryl methyl sites for hydroxylation is 1. The van der Waals surface area contributed by atoms with Crippen LogP contribution in [0.15, 0.2) is 70.8 Å². The predicted octanol–water partition coefficient (Wildman–Crippen LogP) is 5.94. The number of halogens is 1. The van der Waals surface area contributed by atoms with Crippen molar-refractivity contribution in [1.82, 2.24) is 14.8 Å². The van der Waals surface area contributed by atoms with E-state index in [1.54, 1.807) is 11.8 Å². The maximum atomic E-state index is 12.4. The van der Waals surface area contributed by atoms with Gasteiger partial charge in [-0.3, -0.25) is 4.79 Å². The van der Waals surface area contributed by atoms with Crippen molar-refractivity contribution in [2.24, 2.45) is 0 Å². The smallest absolute Gasteiger partial charge is 0.191 e. The zero-order chi connectivity index (χ0) is 20.6. The van der Waals surface area contributed by atoms with Crippen molar-refractivity contribution < 1.29 is 4.79 Å². The number of carbonyl (C=O) groups excluding carboxylic acids is 1. The number of hydrogen-bond donors (Lipinski definition) is 0. The third-order valence-electron chi connectivity index (χ3n) is 4.22. The highest BCUT2D eigenvalue weighted by Gasteiger charge is 2.14. The molecule has 0 atom stereocenters. The summed E-state index contributed by atoms with van der Waals surface area (Å²) in [7, 11) is 0. The van der Waals surface area contributed by atoms with Gasteiger partial charge in [-0.2, -0.15) is 0 Å². The fraction of sp³-hybridized carbons (Fsp3) is 0.227. The Bertz CT molecular complexity index is 969. The van der Waals surface area contributed by atoms with E-state index >= 15 is 0 Å². The second kappa shape index (κ2) is 10.8. The van der Waals surface area contributed by atoms with E-state index in [2.05, 4.69) is 63.9 Å². The molecule has 0 bridgehead atoms. The monoisotopic (exact) mass is 487 g/mol. The first-order chi connectivity index (χ1) is 14.1. The second-order valence-electron chi connectivity index (χ2n) is 6.50. The third kappa shape index (κ3) is 6.32. The molecular formula is C22H22BrN3OS2. The number of ketones is 1. The van der Waals surface area contributed by atoms with Gasteiger partial charge in [-0.25, -0.2) is 0 Å². The van der Waals surface area contributed by atoms with Crippen LogP contribution in [0, 0.1) is 6.92 Å². The van der Waals surface area contributed by atoms with Crippen molar-refractivity contribution in [3.63, 3.8) is 0 Å². The van der Waals surface area contributed by atoms with Gasteiger partial charge >= 0.3 is 0 Å². The minimum absolute atomic E-state index is 0.0750. The molecule has 0 spiro atoms. The third-order valence-corrected chi connectivity index (χ3v) is 6.72. The molecule has 29 heavy (non-hydrogen) atoms. The summed E-state index contributed by atoms with van der Waals surface area (Å²) in [5, 5.41) is 9.41. The van der Waals surface area contributed by atoms with Crippen molar-refractivity contribution in [2.75, 3.05) is 5.75 Å².